The van der Waals surface area contributed by atoms with Crippen molar-refractivity contribution in [2.24, 2.45) is 0 Å². The molecule has 118 valence electrons. The number of benzene rings is 2. The van der Waals surface area contributed by atoms with E-state index in [1.54, 1.807) is 0 Å². The molecule has 0 amide bonds. The molecule has 3 aromatic rings. The van der Waals surface area contributed by atoms with Crippen LogP contribution in [0.1, 0.15) is 5.56 Å². The SMILES string of the molecule is N#Cc1c(Nc2ccc(F)cc2)sc(-c2ccccc2)c(N)c1=O. The van der Waals surface area contributed by atoms with E-state index in [4.69, 9.17) is 5.73 Å². The van der Waals surface area contributed by atoms with Crippen molar-refractivity contribution in [3.05, 3.63) is 76.2 Å². The van der Waals surface area contributed by atoms with Crippen LogP contribution in [0.2, 0.25) is 0 Å². The fourth-order valence-electron chi connectivity index (χ4n) is 2.21. The van der Waals surface area contributed by atoms with Gasteiger partial charge >= 0.3 is 0 Å². The molecule has 0 aliphatic heterocycles. The fraction of sp³-hybridized carbons (Fsp3) is 0. The minimum Gasteiger partial charge on any atom is -0.394 e. The summed E-state index contributed by atoms with van der Waals surface area (Å²) >= 11 is 1.21. The van der Waals surface area contributed by atoms with E-state index in [1.807, 2.05) is 36.4 Å². The second-order valence-corrected chi connectivity index (χ2v) is 6.01. The minimum atomic E-state index is -0.514. The number of nitrogens with zero attached hydrogens (tertiary/aromatic N) is 1. The first-order valence-electron chi connectivity index (χ1n) is 7.05. The third kappa shape index (κ3) is 2.98. The van der Waals surface area contributed by atoms with Crippen molar-refractivity contribution in [3.8, 4) is 16.5 Å². The van der Waals surface area contributed by atoms with Gasteiger partial charge in [-0.1, -0.05) is 30.3 Å². The van der Waals surface area contributed by atoms with Crippen LogP contribution in [0.3, 0.4) is 0 Å². The Hall–Kier alpha value is -3.17. The first-order chi connectivity index (χ1) is 11.6. The van der Waals surface area contributed by atoms with Gasteiger partial charge in [0, 0.05) is 5.69 Å². The molecule has 0 bridgehead atoms. The summed E-state index contributed by atoms with van der Waals surface area (Å²) in [4.78, 5) is 13.0. The maximum absolute atomic E-state index is 13.0. The number of nitriles is 1. The van der Waals surface area contributed by atoms with Crippen LogP contribution in [0.5, 0.6) is 0 Å². The quantitative estimate of drug-likeness (QED) is 0.754. The van der Waals surface area contributed by atoms with Crippen LogP contribution < -0.4 is 16.5 Å². The molecule has 4 nitrogen and oxygen atoms in total. The topological polar surface area (TPSA) is 78.9 Å². The molecule has 0 saturated heterocycles. The Bertz CT molecular complexity index is 976. The first kappa shape index (κ1) is 15.7. The van der Waals surface area contributed by atoms with Crippen molar-refractivity contribution in [2.45, 2.75) is 0 Å². The van der Waals surface area contributed by atoms with Gasteiger partial charge in [-0.25, -0.2) is 4.39 Å². The lowest BCUT2D eigenvalue weighted by molar-refractivity contribution is 0.628. The molecule has 0 fully saturated rings. The highest BCUT2D eigenvalue weighted by Gasteiger charge is 2.16. The van der Waals surface area contributed by atoms with Crippen molar-refractivity contribution in [3.63, 3.8) is 0 Å². The molecule has 0 spiro atoms. The lowest BCUT2D eigenvalue weighted by atomic mass is 10.1. The van der Waals surface area contributed by atoms with Gasteiger partial charge in [-0.15, -0.1) is 11.3 Å². The zero-order valence-electron chi connectivity index (χ0n) is 12.4. The number of nitrogens with one attached hydrogen (secondary N) is 1. The number of halogens is 1. The van der Waals surface area contributed by atoms with E-state index < -0.39 is 5.43 Å². The Labute approximate surface area is 141 Å². The van der Waals surface area contributed by atoms with Gasteiger partial charge in [0.2, 0.25) is 5.43 Å². The number of nitrogens with two attached hydrogens (primary N) is 1. The smallest absolute Gasteiger partial charge is 0.223 e. The van der Waals surface area contributed by atoms with E-state index in [0.717, 1.165) is 5.56 Å². The van der Waals surface area contributed by atoms with Crippen molar-refractivity contribution >= 4 is 27.7 Å². The average molecular weight is 337 g/mol. The second-order valence-electron chi connectivity index (χ2n) is 4.99. The molecule has 0 aliphatic rings. The molecular weight excluding hydrogens is 325 g/mol. The van der Waals surface area contributed by atoms with Crippen LogP contribution in [0.25, 0.3) is 10.4 Å². The van der Waals surface area contributed by atoms with E-state index >= 15 is 0 Å². The summed E-state index contributed by atoms with van der Waals surface area (Å²) in [5.41, 5.74) is 6.79. The van der Waals surface area contributed by atoms with Gasteiger partial charge in [-0.3, -0.25) is 4.79 Å². The standard InChI is InChI=1S/C18H12FN3OS/c19-12-6-8-13(9-7-12)22-18-14(10-20)16(23)15(21)17(24-18)11-4-2-1-3-5-11/h1-9,22H,21H2. The number of rotatable bonds is 3. The summed E-state index contributed by atoms with van der Waals surface area (Å²) in [6.45, 7) is 0. The summed E-state index contributed by atoms with van der Waals surface area (Å²) in [5.74, 6) is -0.364. The Morgan fingerprint density at radius 1 is 1.08 bits per heavy atom. The van der Waals surface area contributed by atoms with E-state index in [1.165, 1.54) is 35.6 Å². The molecule has 1 heterocycles. The lowest BCUT2D eigenvalue weighted by Crippen LogP contribution is -2.14. The summed E-state index contributed by atoms with van der Waals surface area (Å²) < 4.78 is 13.0. The van der Waals surface area contributed by atoms with Gasteiger partial charge in [0.25, 0.3) is 0 Å². The number of nitrogen functional groups attached to an aromatic ring is 1. The zero-order valence-corrected chi connectivity index (χ0v) is 13.2. The molecule has 3 N–H and O–H groups in total. The third-order valence-corrected chi connectivity index (χ3v) is 4.57. The lowest BCUT2D eigenvalue weighted by Gasteiger charge is -2.11. The van der Waals surface area contributed by atoms with Crippen LogP contribution in [-0.4, -0.2) is 0 Å². The second kappa shape index (κ2) is 6.52. The van der Waals surface area contributed by atoms with Crippen molar-refractivity contribution in [2.75, 3.05) is 11.1 Å². The number of anilines is 3. The molecule has 0 unspecified atom stereocenters. The molecule has 0 atom stereocenters. The van der Waals surface area contributed by atoms with Gasteiger partial charge < -0.3 is 11.1 Å². The Morgan fingerprint density at radius 2 is 1.75 bits per heavy atom. The van der Waals surface area contributed by atoms with E-state index in [0.29, 0.717) is 15.6 Å². The van der Waals surface area contributed by atoms with Crippen molar-refractivity contribution in [1.82, 2.24) is 0 Å². The van der Waals surface area contributed by atoms with Crippen LogP contribution in [-0.2, 0) is 0 Å². The van der Waals surface area contributed by atoms with Crippen LogP contribution in [0.15, 0.2) is 59.4 Å². The zero-order chi connectivity index (χ0) is 17.1. The van der Waals surface area contributed by atoms with Crippen molar-refractivity contribution < 1.29 is 4.39 Å². The monoisotopic (exact) mass is 337 g/mol. The highest BCUT2D eigenvalue weighted by Crippen LogP contribution is 2.35. The Morgan fingerprint density at radius 3 is 2.38 bits per heavy atom. The molecule has 2 aromatic carbocycles. The summed E-state index contributed by atoms with van der Waals surface area (Å²) in [7, 11) is 0. The molecule has 24 heavy (non-hydrogen) atoms. The van der Waals surface area contributed by atoms with Crippen LogP contribution in [0.4, 0.5) is 20.8 Å². The molecule has 3 rings (SSSR count). The Kier molecular flexibility index (Phi) is 4.27. The molecule has 0 radical (unpaired) electrons. The van der Waals surface area contributed by atoms with Gasteiger partial charge in [0.1, 0.15) is 22.5 Å². The maximum Gasteiger partial charge on any atom is 0.223 e. The predicted molar refractivity (Wildman–Crippen MR) is 94.8 cm³/mol. The maximum atomic E-state index is 13.0. The normalized spacial score (nSPS) is 10.2. The summed E-state index contributed by atoms with van der Waals surface area (Å²) in [5, 5.41) is 12.7. The summed E-state index contributed by atoms with van der Waals surface area (Å²) in [6.07, 6.45) is 0. The first-order valence-corrected chi connectivity index (χ1v) is 7.86. The molecular formula is C18H12FN3OS. The van der Waals surface area contributed by atoms with E-state index in [9.17, 15) is 14.4 Å². The van der Waals surface area contributed by atoms with Crippen LogP contribution in [0, 0.1) is 17.1 Å². The predicted octanol–water partition coefficient (Wildman–Crippen LogP) is 4.11. The van der Waals surface area contributed by atoms with E-state index in [-0.39, 0.29) is 17.1 Å². The number of hydrogen-bond donors (Lipinski definition) is 2. The van der Waals surface area contributed by atoms with Gasteiger partial charge in [0.05, 0.1) is 10.6 Å². The fourth-order valence-corrected chi connectivity index (χ4v) is 3.28. The highest BCUT2D eigenvalue weighted by atomic mass is 32.1. The summed E-state index contributed by atoms with van der Waals surface area (Å²) in [6, 6.07) is 16.8. The third-order valence-electron chi connectivity index (χ3n) is 3.40. The van der Waals surface area contributed by atoms with Crippen LogP contribution >= 0.6 is 11.3 Å². The average Bonchev–Trinajstić information content (AvgIpc) is 2.61. The Balaban J connectivity index is 2.14. The molecule has 0 saturated carbocycles. The highest BCUT2D eigenvalue weighted by molar-refractivity contribution is 7.19. The molecule has 6 heteroatoms. The van der Waals surface area contributed by atoms with Crippen molar-refractivity contribution in [1.29, 1.82) is 5.26 Å². The minimum absolute atomic E-state index is 0.0485. The number of hydrogen-bond acceptors (Lipinski definition) is 5. The molecule has 1 aromatic heterocycles. The van der Waals surface area contributed by atoms with Gasteiger partial charge in [0.15, 0.2) is 0 Å². The van der Waals surface area contributed by atoms with E-state index in [2.05, 4.69) is 5.32 Å². The largest absolute Gasteiger partial charge is 0.394 e. The molecule has 0 aliphatic carbocycles. The van der Waals surface area contributed by atoms with Gasteiger partial charge in [-0.2, -0.15) is 5.26 Å². The van der Waals surface area contributed by atoms with Gasteiger partial charge in [-0.05, 0) is 29.8 Å².